The molecule has 2 N–H and O–H groups in total. The minimum absolute atomic E-state index is 0.0698. The molecule has 2 aromatic carbocycles. The van der Waals surface area contributed by atoms with Gasteiger partial charge in [0.25, 0.3) is 5.91 Å². The Balaban J connectivity index is 1.61. The zero-order valence-electron chi connectivity index (χ0n) is 17.7. The third kappa shape index (κ3) is 4.70. The third-order valence-electron chi connectivity index (χ3n) is 5.81. The molecule has 0 radical (unpaired) electrons. The number of carbonyl (C=O) groups excluding carboxylic acids is 1. The van der Waals surface area contributed by atoms with Gasteiger partial charge in [-0.05, 0) is 50.2 Å². The second-order valence-corrected chi connectivity index (χ2v) is 7.93. The summed E-state index contributed by atoms with van der Waals surface area (Å²) in [7, 11) is 0. The molecular weight excluding hydrogens is 417 g/mol. The molecule has 1 amide bonds. The number of anilines is 2. The highest BCUT2D eigenvalue weighted by Crippen LogP contribution is 2.36. The van der Waals surface area contributed by atoms with Gasteiger partial charge in [0, 0.05) is 29.9 Å². The summed E-state index contributed by atoms with van der Waals surface area (Å²) >= 11 is 0. The molecular formula is C24H25F3N4O. The summed E-state index contributed by atoms with van der Waals surface area (Å²) < 4.78 is 40.2. The van der Waals surface area contributed by atoms with Crippen molar-refractivity contribution >= 4 is 28.2 Å². The monoisotopic (exact) mass is 442 g/mol. The van der Waals surface area contributed by atoms with Crippen molar-refractivity contribution in [3.05, 3.63) is 65.9 Å². The van der Waals surface area contributed by atoms with Gasteiger partial charge in [-0.15, -0.1) is 0 Å². The van der Waals surface area contributed by atoms with E-state index in [1.54, 1.807) is 36.4 Å². The number of alkyl halides is 3. The Bertz CT molecular complexity index is 1120. The van der Waals surface area contributed by atoms with Crippen LogP contribution in [0.5, 0.6) is 0 Å². The first-order valence-corrected chi connectivity index (χ1v) is 10.7. The maximum absolute atomic E-state index is 13.4. The molecule has 3 aromatic rings. The van der Waals surface area contributed by atoms with E-state index in [0.717, 1.165) is 38.5 Å². The van der Waals surface area contributed by atoms with Crippen molar-refractivity contribution in [2.45, 2.75) is 32.0 Å². The minimum atomic E-state index is -4.50. The van der Waals surface area contributed by atoms with Crippen molar-refractivity contribution < 1.29 is 18.0 Å². The first-order chi connectivity index (χ1) is 15.4. The number of aromatic nitrogens is 1. The summed E-state index contributed by atoms with van der Waals surface area (Å²) in [5.41, 5.74) is 0.503. The van der Waals surface area contributed by atoms with Crippen LogP contribution >= 0.6 is 0 Å². The molecule has 0 saturated carbocycles. The molecule has 0 spiro atoms. The van der Waals surface area contributed by atoms with E-state index in [1.807, 2.05) is 0 Å². The summed E-state index contributed by atoms with van der Waals surface area (Å²) in [5, 5.41) is 6.60. The Hall–Kier alpha value is -3.13. The van der Waals surface area contributed by atoms with Crippen molar-refractivity contribution in [2.24, 2.45) is 0 Å². The summed E-state index contributed by atoms with van der Waals surface area (Å²) in [6.45, 7) is 4.90. The van der Waals surface area contributed by atoms with Crippen molar-refractivity contribution in [3.8, 4) is 0 Å². The molecule has 5 nitrogen and oxygen atoms in total. The van der Waals surface area contributed by atoms with E-state index in [0.29, 0.717) is 22.3 Å². The van der Waals surface area contributed by atoms with Gasteiger partial charge in [0.1, 0.15) is 0 Å². The minimum Gasteiger partial charge on any atom is -0.354 e. The lowest BCUT2D eigenvalue weighted by Crippen LogP contribution is -2.47. The predicted molar refractivity (Wildman–Crippen MR) is 119 cm³/mol. The number of rotatable bonds is 5. The summed E-state index contributed by atoms with van der Waals surface area (Å²) in [6, 6.07) is 12.6. The number of nitrogens with zero attached hydrogens (tertiary/aromatic N) is 2. The van der Waals surface area contributed by atoms with Gasteiger partial charge >= 0.3 is 6.18 Å². The molecule has 0 aliphatic carbocycles. The molecule has 32 heavy (non-hydrogen) atoms. The van der Waals surface area contributed by atoms with Crippen LogP contribution in [-0.4, -0.2) is 41.5 Å². The standard InChI is InChI=1S/C24H25F3N4O/c1-2-31-14-6-7-16(15-31)29-23(32)18-8-3-4-11-20(18)30-21-12-13-28-22-17(21)9-5-10-19(22)24(25,26)27/h3-5,8-13,16H,2,6-7,14-15H2,1H3,(H,28,30)(H,29,32). The number of piperidine rings is 1. The van der Waals surface area contributed by atoms with Gasteiger partial charge in [-0.25, -0.2) is 0 Å². The average molecular weight is 442 g/mol. The molecule has 1 atom stereocenters. The number of benzene rings is 2. The number of amides is 1. The first-order valence-electron chi connectivity index (χ1n) is 10.7. The third-order valence-corrected chi connectivity index (χ3v) is 5.81. The first kappa shape index (κ1) is 22.1. The summed E-state index contributed by atoms with van der Waals surface area (Å²) in [4.78, 5) is 19.3. The van der Waals surface area contributed by atoms with Gasteiger partial charge in [0.05, 0.1) is 22.3 Å². The van der Waals surface area contributed by atoms with Crippen LogP contribution in [0.25, 0.3) is 10.9 Å². The van der Waals surface area contributed by atoms with Gasteiger partial charge in [0.2, 0.25) is 0 Å². The number of hydrogen-bond acceptors (Lipinski definition) is 4. The fourth-order valence-electron chi connectivity index (χ4n) is 4.17. The van der Waals surface area contributed by atoms with E-state index >= 15 is 0 Å². The quantitative estimate of drug-likeness (QED) is 0.570. The van der Waals surface area contributed by atoms with Gasteiger partial charge in [-0.1, -0.05) is 31.2 Å². The highest BCUT2D eigenvalue weighted by molar-refractivity contribution is 6.02. The van der Waals surface area contributed by atoms with Gasteiger partial charge in [-0.2, -0.15) is 13.2 Å². The number of fused-ring (bicyclic) bond motifs is 1. The van der Waals surface area contributed by atoms with Crippen LogP contribution in [-0.2, 0) is 6.18 Å². The molecule has 4 rings (SSSR count). The van der Waals surface area contributed by atoms with Gasteiger partial charge < -0.3 is 15.5 Å². The Morgan fingerprint density at radius 3 is 2.72 bits per heavy atom. The Morgan fingerprint density at radius 1 is 1.12 bits per heavy atom. The number of likely N-dealkylation sites (tertiary alicyclic amines) is 1. The number of likely N-dealkylation sites (N-methyl/N-ethyl adjacent to an activating group) is 1. The number of para-hydroxylation sites is 2. The number of pyridine rings is 1. The SMILES string of the molecule is CCN1CCCC(NC(=O)c2ccccc2Nc2ccnc3c(C(F)(F)F)cccc23)C1. The zero-order valence-corrected chi connectivity index (χ0v) is 17.7. The molecule has 0 bridgehead atoms. The number of carbonyl (C=O) groups is 1. The zero-order chi connectivity index (χ0) is 22.7. The van der Waals surface area contributed by atoms with Crippen molar-refractivity contribution in [3.63, 3.8) is 0 Å². The fourth-order valence-corrected chi connectivity index (χ4v) is 4.17. The molecule has 1 unspecified atom stereocenters. The summed E-state index contributed by atoms with van der Waals surface area (Å²) in [6.07, 6.45) is -1.21. The summed E-state index contributed by atoms with van der Waals surface area (Å²) in [5.74, 6) is -0.203. The van der Waals surface area contributed by atoms with Crippen LogP contribution in [0.2, 0.25) is 0 Å². The van der Waals surface area contributed by atoms with Crippen LogP contribution in [0.1, 0.15) is 35.7 Å². The van der Waals surface area contributed by atoms with E-state index in [1.165, 1.54) is 12.3 Å². The molecule has 1 aromatic heterocycles. The molecule has 168 valence electrons. The van der Waals surface area contributed by atoms with Crippen LogP contribution in [0.3, 0.4) is 0 Å². The van der Waals surface area contributed by atoms with E-state index < -0.39 is 11.7 Å². The molecule has 1 saturated heterocycles. The Labute approximate surface area is 184 Å². The maximum Gasteiger partial charge on any atom is 0.418 e. The second-order valence-electron chi connectivity index (χ2n) is 7.93. The molecule has 8 heteroatoms. The lowest BCUT2D eigenvalue weighted by molar-refractivity contribution is -0.136. The highest BCUT2D eigenvalue weighted by Gasteiger charge is 2.33. The van der Waals surface area contributed by atoms with E-state index in [9.17, 15) is 18.0 Å². The normalized spacial score (nSPS) is 17.3. The Morgan fingerprint density at radius 2 is 1.94 bits per heavy atom. The number of halogens is 3. The highest BCUT2D eigenvalue weighted by atomic mass is 19.4. The molecule has 1 fully saturated rings. The average Bonchev–Trinajstić information content (AvgIpc) is 2.78. The van der Waals surface area contributed by atoms with E-state index in [-0.39, 0.29) is 17.5 Å². The number of hydrogen-bond donors (Lipinski definition) is 2. The van der Waals surface area contributed by atoms with Crippen molar-refractivity contribution in [1.29, 1.82) is 0 Å². The smallest absolute Gasteiger partial charge is 0.354 e. The molecule has 1 aliphatic rings. The number of nitrogens with one attached hydrogen (secondary N) is 2. The van der Waals surface area contributed by atoms with Gasteiger partial charge in [0.15, 0.2) is 0 Å². The fraction of sp³-hybridized carbons (Fsp3) is 0.333. The van der Waals surface area contributed by atoms with Crippen LogP contribution in [0.4, 0.5) is 24.5 Å². The van der Waals surface area contributed by atoms with Gasteiger partial charge in [-0.3, -0.25) is 9.78 Å². The largest absolute Gasteiger partial charge is 0.418 e. The maximum atomic E-state index is 13.4. The second kappa shape index (κ2) is 9.16. The lowest BCUT2D eigenvalue weighted by Gasteiger charge is -2.32. The van der Waals surface area contributed by atoms with Crippen LogP contribution < -0.4 is 10.6 Å². The topological polar surface area (TPSA) is 57.3 Å². The molecule has 1 aliphatic heterocycles. The van der Waals surface area contributed by atoms with Crippen LogP contribution in [0, 0.1) is 0 Å². The van der Waals surface area contributed by atoms with Crippen molar-refractivity contribution in [2.75, 3.05) is 25.0 Å². The van der Waals surface area contributed by atoms with Crippen LogP contribution in [0.15, 0.2) is 54.7 Å². The lowest BCUT2D eigenvalue weighted by atomic mass is 10.0. The Kier molecular flexibility index (Phi) is 6.32. The predicted octanol–water partition coefficient (Wildman–Crippen LogP) is 5.21. The van der Waals surface area contributed by atoms with E-state index in [2.05, 4.69) is 27.4 Å². The van der Waals surface area contributed by atoms with Crippen molar-refractivity contribution in [1.82, 2.24) is 15.2 Å². The molecule has 2 heterocycles. The van der Waals surface area contributed by atoms with E-state index in [4.69, 9.17) is 0 Å².